The molecule has 1 aliphatic carbocycles. The number of thiazole rings is 1. The smallest absolute Gasteiger partial charge is 0.263 e. The third kappa shape index (κ3) is 3.58. The molecule has 1 saturated carbocycles. The van der Waals surface area contributed by atoms with Crippen molar-refractivity contribution in [3.63, 3.8) is 0 Å². The Hall–Kier alpha value is -2.22. The largest absolute Gasteiger partial charge is 0.348 e. The number of likely N-dealkylation sites (tertiary alicyclic amines) is 1. The van der Waals surface area contributed by atoms with Gasteiger partial charge in [-0.2, -0.15) is 5.10 Å². The van der Waals surface area contributed by atoms with Gasteiger partial charge in [0, 0.05) is 43.9 Å². The predicted molar refractivity (Wildman–Crippen MR) is 94.1 cm³/mol. The molecule has 2 fully saturated rings. The average Bonchev–Trinajstić information content (AvgIpc) is 3.18. The van der Waals surface area contributed by atoms with E-state index in [2.05, 4.69) is 15.4 Å². The predicted octanol–water partition coefficient (Wildman–Crippen LogP) is 1.67. The van der Waals surface area contributed by atoms with Crippen molar-refractivity contribution in [3.05, 3.63) is 23.5 Å². The van der Waals surface area contributed by atoms with Crippen LogP contribution in [0, 0.1) is 5.92 Å². The highest BCUT2D eigenvalue weighted by molar-refractivity contribution is 7.16. The summed E-state index contributed by atoms with van der Waals surface area (Å²) < 4.78 is 1.72. The van der Waals surface area contributed by atoms with E-state index in [-0.39, 0.29) is 17.9 Å². The van der Waals surface area contributed by atoms with Crippen LogP contribution in [0.3, 0.4) is 0 Å². The second-order valence-corrected chi connectivity index (χ2v) is 7.81. The number of hydrogen-bond acceptors (Lipinski definition) is 5. The molecule has 1 aliphatic heterocycles. The van der Waals surface area contributed by atoms with E-state index in [4.69, 9.17) is 0 Å². The Morgan fingerprint density at radius 3 is 2.60 bits per heavy atom. The second kappa shape index (κ2) is 6.59. The van der Waals surface area contributed by atoms with Gasteiger partial charge in [0.2, 0.25) is 5.91 Å². The highest BCUT2D eigenvalue weighted by Crippen LogP contribution is 2.32. The molecule has 0 spiro atoms. The number of hydrogen-bond donors (Lipinski definition) is 1. The molecule has 2 aliphatic rings. The average molecular weight is 359 g/mol. The maximum absolute atomic E-state index is 12.5. The van der Waals surface area contributed by atoms with Gasteiger partial charge in [-0.25, -0.2) is 4.98 Å². The van der Waals surface area contributed by atoms with Gasteiger partial charge < -0.3 is 10.2 Å². The van der Waals surface area contributed by atoms with E-state index in [1.165, 1.54) is 11.3 Å². The molecule has 25 heavy (non-hydrogen) atoms. The van der Waals surface area contributed by atoms with Crippen molar-refractivity contribution in [1.82, 2.24) is 25.0 Å². The summed E-state index contributed by atoms with van der Waals surface area (Å²) in [5.74, 6) is 0.488. The van der Waals surface area contributed by atoms with Gasteiger partial charge in [-0.3, -0.25) is 14.3 Å². The molecule has 2 aromatic heterocycles. The number of carbonyl (C=O) groups excluding carboxylic acids is 2. The van der Waals surface area contributed by atoms with Crippen LogP contribution in [0.2, 0.25) is 0 Å². The molecular weight excluding hydrogens is 338 g/mol. The first-order valence-electron chi connectivity index (χ1n) is 8.64. The lowest BCUT2D eigenvalue weighted by Crippen LogP contribution is -2.46. The topological polar surface area (TPSA) is 80.1 Å². The molecular formula is C17H21N5O2S. The number of aromatic nitrogens is 3. The Morgan fingerprint density at radius 2 is 1.96 bits per heavy atom. The first-order chi connectivity index (χ1) is 12.1. The van der Waals surface area contributed by atoms with Crippen LogP contribution in [0.1, 0.15) is 35.4 Å². The van der Waals surface area contributed by atoms with Crippen molar-refractivity contribution < 1.29 is 9.59 Å². The Balaban J connectivity index is 1.32. The molecule has 132 valence electrons. The molecule has 8 heteroatoms. The van der Waals surface area contributed by atoms with Crippen molar-refractivity contribution in [2.24, 2.45) is 13.0 Å². The first-order valence-corrected chi connectivity index (χ1v) is 9.46. The third-order valence-corrected chi connectivity index (χ3v) is 5.79. The molecule has 4 rings (SSSR count). The lowest BCUT2D eigenvalue weighted by atomic mass is 10.0. The van der Waals surface area contributed by atoms with Crippen LogP contribution >= 0.6 is 11.3 Å². The summed E-state index contributed by atoms with van der Waals surface area (Å²) in [5, 5.41) is 8.01. The number of aryl methyl sites for hydroxylation is 1. The maximum atomic E-state index is 12.5. The van der Waals surface area contributed by atoms with Gasteiger partial charge in [-0.15, -0.1) is 11.3 Å². The maximum Gasteiger partial charge on any atom is 0.263 e. The van der Waals surface area contributed by atoms with Crippen molar-refractivity contribution in [1.29, 1.82) is 0 Å². The molecule has 0 atom stereocenters. The number of carbonyl (C=O) groups is 2. The zero-order chi connectivity index (χ0) is 17.4. The standard InChI is InChI=1S/C17H21N5O2S/c1-21-10-12(8-19-21)16-18-9-14(25-16)15(23)20-13-4-6-22(7-5-13)17(24)11-2-3-11/h8-11,13H,2-7H2,1H3,(H,20,23). The van der Waals surface area contributed by atoms with Gasteiger partial charge in [-0.05, 0) is 25.7 Å². The summed E-state index contributed by atoms with van der Waals surface area (Å²) in [4.78, 5) is 31.4. The van der Waals surface area contributed by atoms with Gasteiger partial charge in [0.15, 0.2) is 0 Å². The van der Waals surface area contributed by atoms with Crippen molar-refractivity contribution in [2.45, 2.75) is 31.7 Å². The lowest BCUT2D eigenvalue weighted by Gasteiger charge is -2.32. The zero-order valence-corrected chi connectivity index (χ0v) is 15.0. The second-order valence-electron chi connectivity index (χ2n) is 6.78. The Bertz CT molecular complexity index is 787. The molecule has 1 saturated heterocycles. The fourth-order valence-electron chi connectivity index (χ4n) is 3.13. The van der Waals surface area contributed by atoms with E-state index in [1.54, 1.807) is 17.1 Å². The number of piperidine rings is 1. The highest BCUT2D eigenvalue weighted by Gasteiger charge is 2.35. The highest BCUT2D eigenvalue weighted by atomic mass is 32.1. The van der Waals surface area contributed by atoms with Crippen LogP contribution in [-0.4, -0.2) is 50.6 Å². The molecule has 2 aromatic rings. The van der Waals surface area contributed by atoms with Crippen molar-refractivity contribution in [3.8, 4) is 10.6 Å². The van der Waals surface area contributed by atoms with Gasteiger partial charge in [0.05, 0.1) is 12.4 Å². The quantitative estimate of drug-likeness (QED) is 0.901. The van der Waals surface area contributed by atoms with E-state index < -0.39 is 0 Å². The summed E-state index contributed by atoms with van der Waals surface area (Å²) in [6, 6.07) is 0.125. The first kappa shape index (κ1) is 16.3. The van der Waals surface area contributed by atoms with Crippen LogP contribution in [0.25, 0.3) is 10.6 Å². The van der Waals surface area contributed by atoms with E-state index >= 15 is 0 Å². The van der Waals surface area contributed by atoms with Crippen molar-refractivity contribution in [2.75, 3.05) is 13.1 Å². The van der Waals surface area contributed by atoms with Gasteiger partial charge >= 0.3 is 0 Å². The van der Waals surface area contributed by atoms with E-state index in [9.17, 15) is 9.59 Å². The Labute approximate surface area is 150 Å². The van der Waals surface area contributed by atoms with Gasteiger partial charge in [0.25, 0.3) is 5.91 Å². The lowest BCUT2D eigenvalue weighted by molar-refractivity contribution is -0.133. The zero-order valence-electron chi connectivity index (χ0n) is 14.1. The summed E-state index contributed by atoms with van der Waals surface area (Å²) in [6.45, 7) is 1.48. The minimum atomic E-state index is -0.0837. The molecule has 0 unspecified atom stereocenters. The Morgan fingerprint density at radius 1 is 1.20 bits per heavy atom. The molecule has 0 bridgehead atoms. The number of nitrogens with zero attached hydrogens (tertiary/aromatic N) is 4. The molecule has 0 aromatic carbocycles. The molecule has 1 N–H and O–H groups in total. The SMILES string of the molecule is Cn1cc(-c2ncc(C(=O)NC3CCN(C(=O)C4CC4)CC3)s2)cn1. The molecule has 0 radical (unpaired) electrons. The number of nitrogens with one attached hydrogen (secondary N) is 1. The van der Waals surface area contributed by atoms with Crippen LogP contribution in [0.5, 0.6) is 0 Å². The molecule has 7 nitrogen and oxygen atoms in total. The molecule has 3 heterocycles. The summed E-state index contributed by atoms with van der Waals surface area (Å²) in [5.41, 5.74) is 0.915. The summed E-state index contributed by atoms with van der Waals surface area (Å²) in [7, 11) is 1.85. The number of amides is 2. The van der Waals surface area contributed by atoms with E-state index in [0.717, 1.165) is 49.3 Å². The van der Waals surface area contributed by atoms with E-state index in [1.807, 2.05) is 18.1 Å². The van der Waals surface area contributed by atoms with Crippen molar-refractivity contribution >= 4 is 23.2 Å². The fraction of sp³-hybridized carbons (Fsp3) is 0.529. The monoisotopic (exact) mass is 359 g/mol. The minimum absolute atomic E-state index is 0.0837. The third-order valence-electron chi connectivity index (χ3n) is 4.75. The molecule has 2 amide bonds. The summed E-state index contributed by atoms with van der Waals surface area (Å²) >= 11 is 1.37. The van der Waals surface area contributed by atoms with E-state index in [0.29, 0.717) is 10.8 Å². The van der Waals surface area contributed by atoms with Gasteiger partial charge in [-0.1, -0.05) is 0 Å². The minimum Gasteiger partial charge on any atom is -0.348 e. The summed E-state index contributed by atoms with van der Waals surface area (Å²) in [6.07, 6.45) is 8.96. The van der Waals surface area contributed by atoms with Crippen LogP contribution < -0.4 is 5.32 Å². The number of rotatable bonds is 4. The van der Waals surface area contributed by atoms with Crippen LogP contribution in [0.15, 0.2) is 18.6 Å². The fourth-order valence-corrected chi connectivity index (χ4v) is 3.93. The Kier molecular flexibility index (Phi) is 4.29. The van der Waals surface area contributed by atoms with Crippen LogP contribution in [-0.2, 0) is 11.8 Å². The van der Waals surface area contributed by atoms with Crippen LogP contribution in [0.4, 0.5) is 0 Å². The normalized spacial score (nSPS) is 18.4. The van der Waals surface area contributed by atoms with Gasteiger partial charge in [0.1, 0.15) is 9.88 Å².